The van der Waals surface area contributed by atoms with Gasteiger partial charge in [0.25, 0.3) is 20.0 Å². The molecule has 0 atom stereocenters. The van der Waals surface area contributed by atoms with Crippen molar-refractivity contribution in [3.05, 3.63) is 82.3 Å². The molecule has 0 saturated carbocycles. The molecule has 30 heavy (non-hydrogen) atoms. The highest BCUT2D eigenvalue weighted by Crippen LogP contribution is 2.26. The van der Waals surface area contributed by atoms with Gasteiger partial charge in [-0.05, 0) is 60.7 Å². The molecular weight excluding hydrogens is 481 g/mol. The van der Waals surface area contributed by atoms with Gasteiger partial charge in [-0.15, -0.1) is 0 Å². The molecule has 3 aromatic carbocycles. The van der Waals surface area contributed by atoms with Gasteiger partial charge < -0.3 is 0 Å². The van der Waals surface area contributed by atoms with Crippen LogP contribution in [0.3, 0.4) is 0 Å². The maximum atomic E-state index is 13.8. The smallest absolute Gasteiger partial charge is 0.264 e. The first kappa shape index (κ1) is 22.3. The number of nitrogens with one attached hydrogen (secondary N) is 2. The molecular formula is C18H12Cl2F2N2O4S2. The molecule has 0 aliphatic rings. The fourth-order valence-electron chi connectivity index (χ4n) is 2.42. The Balaban J connectivity index is 1.82. The molecule has 0 aliphatic carbocycles. The molecule has 158 valence electrons. The lowest BCUT2D eigenvalue weighted by Crippen LogP contribution is -2.16. The third-order valence-electron chi connectivity index (χ3n) is 3.71. The van der Waals surface area contributed by atoms with Crippen LogP contribution in [0.15, 0.2) is 70.5 Å². The second kappa shape index (κ2) is 8.38. The van der Waals surface area contributed by atoms with Crippen LogP contribution in [0.4, 0.5) is 20.2 Å². The van der Waals surface area contributed by atoms with Crippen LogP contribution in [0.5, 0.6) is 0 Å². The molecule has 2 N–H and O–H groups in total. The van der Waals surface area contributed by atoms with Crippen molar-refractivity contribution in [3.63, 3.8) is 0 Å². The van der Waals surface area contributed by atoms with E-state index in [1.165, 1.54) is 18.2 Å². The average molecular weight is 493 g/mol. The number of hydrogen-bond acceptors (Lipinski definition) is 4. The van der Waals surface area contributed by atoms with Crippen molar-refractivity contribution < 1.29 is 25.6 Å². The summed E-state index contributed by atoms with van der Waals surface area (Å²) in [4.78, 5) is -1.06. The Labute approximate surface area is 181 Å². The molecule has 6 nitrogen and oxygen atoms in total. The number of anilines is 2. The Bertz CT molecular complexity index is 1300. The zero-order valence-electron chi connectivity index (χ0n) is 14.7. The normalized spacial score (nSPS) is 11.9. The van der Waals surface area contributed by atoms with E-state index in [9.17, 15) is 25.6 Å². The molecule has 3 aromatic rings. The van der Waals surface area contributed by atoms with Gasteiger partial charge in [0.2, 0.25) is 0 Å². The molecule has 0 spiro atoms. The van der Waals surface area contributed by atoms with Crippen LogP contribution in [-0.4, -0.2) is 16.8 Å². The number of rotatable bonds is 6. The minimum atomic E-state index is -4.43. The Hall–Kier alpha value is -2.40. The lowest BCUT2D eigenvalue weighted by Gasteiger charge is -2.11. The molecule has 0 aliphatic heterocycles. The van der Waals surface area contributed by atoms with Gasteiger partial charge in [-0.3, -0.25) is 9.44 Å². The predicted molar refractivity (Wildman–Crippen MR) is 111 cm³/mol. The lowest BCUT2D eigenvalue weighted by atomic mass is 10.3. The average Bonchev–Trinajstić information content (AvgIpc) is 2.62. The van der Waals surface area contributed by atoms with Crippen LogP contribution < -0.4 is 9.44 Å². The summed E-state index contributed by atoms with van der Waals surface area (Å²) in [7, 11) is -8.46. The topological polar surface area (TPSA) is 92.3 Å². The summed E-state index contributed by atoms with van der Waals surface area (Å²) >= 11 is 11.7. The van der Waals surface area contributed by atoms with Crippen molar-refractivity contribution in [1.29, 1.82) is 0 Å². The standard InChI is InChI=1S/C18H12Cl2F2N2O4S2/c19-11-7-12(20)9-15(8-11)24-29(25,26)16-4-2-14(3-5-16)23-30(27,28)18-10-13(21)1-6-17(18)22/h1-10,23-24H. The fourth-order valence-corrected chi connectivity index (χ4v) is 5.14. The van der Waals surface area contributed by atoms with Crippen molar-refractivity contribution in [2.45, 2.75) is 9.79 Å². The van der Waals surface area contributed by atoms with E-state index in [0.29, 0.717) is 12.1 Å². The van der Waals surface area contributed by atoms with Gasteiger partial charge in [0.15, 0.2) is 0 Å². The third kappa shape index (κ3) is 5.20. The van der Waals surface area contributed by atoms with Crippen LogP contribution >= 0.6 is 23.2 Å². The second-order valence-electron chi connectivity index (χ2n) is 5.97. The summed E-state index contributed by atoms with van der Waals surface area (Å²) < 4.78 is 81.0. The van der Waals surface area contributed by atoms with E-state index in [0.717, 1.165) is 30.3 Å². The molecule has 0 aromatic heterocycles. The Kier molecular flexibility index (Phi) is 6.23. The van der Waals surface area contributed by atoms with Crippen molar-refractivity contribution in [3.8, 4) is 0 Å². The minimum absolute atomic E-state index is 0.0524. The van der Waals surface area contributed by atoms with E-state index in [4.69, 9.17) is 23.2 Å². The quantitative estimate of drug-likeness (QED) is 0.513. The third-order valence-corrected chi connectivity index (χ3v) is 6.94. The van der Waals surface area contributed by atoms with Gasteiger partial charge in [-0.2, -0.15) is 0 Å². The highest BCUT2D eigenvalue weighted by molar-refractivity contribution is 7.93. The maximum Gasteiger partial charge on any atom is 0.264 e. The highest BCUT2D eigenvalue weighted by Gasteiger charge is 2.21. The fraction of sp³-hybridized carbons (Fsp3) is 0. The monoisotopic (exact) mass is 492 g/mol. The Morgan fingerprint density at radius 2 is 1.23 bits per heavy atom. The summed E-state index contributed by atoms with van der Waals surface area (Å²) in [5, 5.41) is 0.462. The molecule has 0 fully saturated rings. The molecule has 0 bridgehead atoms. The Morgan fingerprint density at radius 3 is 1.83 bits per heavy atom. The molecule has 0 heterocycles. The first-order chi connectivity index (χ1) is 14.0. The van der Waals surface area contributed by atoms with Crippen molar-refractivity contribution in [2.24, 2.45) is 0 Å². The molecule has 0 amide bonds. The highest BCUT2D eigenvalue weighted by atomic mass is 35.5. The first-order valence-corrected chi connectivity index (χ1v) is 11.8. The lowest BCUT2D eigenvalue weighted by molar-refractivity contribution is 0.555. The van der Waals surface area contributed by atoms with Gasteiger partial charge >= 0.3 is 0 Å². The van der Waals surface area contributed by atoms with E-state index in [-0.39, 0.29) is 26.3 Å². The van der Waals surface area contributed by atoms with Crippen LogP contribution in [0.25, 0.3) is 0 Å². The molecule has 12 heteroatoms. The van der Waals surface area contributed by atoms with Gasteiger partial charge in [0.05, 0.1) is 10.6 Å². The number of sulfonamides is 2. The van der Waals surface area contributed by atoms with E-state index in [1.54, 1.807) is 0 Å². The zero-order chi connectivity index (χ0) is 22.1. The van der Waals surface area contributed by atoms with Gasteiger partial charge in [0.1, 0.15) is 16.5 Å². The number of halogens is 4. The van der Waals surface area contributed by atoms with E-state index in [2.05, 4.69) is 9.44 Å². The van der Waals surface area contributed by atoms with Gasteiger partial charge in [0, 0.05) is 15.7 Å². The van der Waals surface area contributed by atoms with E-state index in [1.807, 2.05) is 0 Å². The summed E-state index contributed by atoms with van der Waals surface area (Å²) in [6.07, 6.45) is 0. The first-order valence-electron chi connectivity index (χ1n) is 8.03. The minimum Gasteiger partial charge on any atom is -0.280 e. The van der Waals surface area contributed by atoms with E-state index >= 15 is 0 Å². The van der Waals surface area contributed by atoms with Gasteiger partial charge in [-0.1, -0.05) is 23.2 Å². The van der Waals surface area contributed by atoms with E-state index < -0.39 is 36.6 Å². The van der Waals surface area contributed by atoms with Crippen LogP contribution in [0.1, 0.15) is 0 Å². The molecule has 0 radical (unpaired) electrons. The summed E-state index contributed by atoms with van der Waals surface area (Å²) in [6.45, 7) is 0. The SMILES string of the molecule is O=S(=O)(Nc1cc(Cl)cc(Cl)c1)c1ccc(NS(=O)(=O)c2cc(F)ccc2F)cc1. The molecule has 0 unspecified atom stereocenters. The number of hydrogen-bond donors (Lipinski definition) is 2. The van der Waals surface area contributed by atoms with Crippen molar-refractivity contribution >= 4 is 54.6 Å². The largest absolute Gasteiger partial charge is 0.280 e. The van der Waals surface area contributed by atoms with Gasteiger partial charge in [-0.25, -0.2) is 25.6 Å². The maximum absolute atomic E-state index is 13.8. The summed E-state index contributed by atoms with van der Waals surface area (Å²) in [5.41, 5.74) is 0.0854. The summed E-state index contributed by atoms with van der Waals surface area (Å²) in [6, 6.07) is 10.8. The van der Waals surface area contributed by atoms with Crippen LogP contribution in [0.2, 0.25) is 10.0 Å². The zero-order valence-corrected chi connectivity index (χ0v) is 17.9. The second-order valence-corrected chi connectivity index (χ2v) is 10.2. The Morgan fingerprint density at radius 1 is 0.667 bits per heavy atom. The summed E-state index contributed by atoms with van der Waals surface area (Å²) in [5.74, 6) is -2.06. The molecule has 0 saturated heterocycles. The van der Waals surface area contributed by atoms with Crippen molar-refractivity contribution in [1.82, 2.24) is 0 Å². The predicted octanol–water partition coefficient (Wildman–Crippen LogP) is 4.87. The molecule has 3 rings (SSSR count). The van der Waals surface area contributed by atoms with Crippen LogP contribution in [0, 0.1) is 11.6 Å². The van der Waals surface area contributed by atoms with Crippen molar-refractivity contribution in [2.75, 3.05) is 9.44 Å². The van der Waals surface area contributed by atoms with Crippen LogP contribution in [-0.2, 0) is 20.0 Å². The number of benzene rings is 3.